The molecule has 4 aromatic rings. The lowest BCUT2D eigenvalue weighted by atomic mass is 10.1. The number of pyridine rings is 1. The first kappa shape index (κ1) is 19.3. The van der Waals surface area contributed by atoms with Crippen LogP contribution < -0.4 is 16.1 Å². The van der Waals surface area contributed by atoms with Crippen LogP contribution >= 0.6 is 11.6 Å². The van der Waals surface area contributed by atoms with Crippen molar-refractivity contribution in [2.45, 2.75) is 0 Å². The fourth-order valence-electron chi connectivity index (χ4n) is 3.71. The van der Waals surface area contributed by atoms with Gasteiger partial charge in [0.25, 0.3) is 0 Å². The predicted octanol–water partition coefficient (Wildman–Crippen LogP) is 3.81. The van der Waals surface area contributed by atoms with Crippen molar-refractivity contribution in [2.24, 2.45) is 0 Å². The molecule has 31 heavy (non-hydrogen) atoms. The van der Waals surface area contributed by atoms with E-state index in [9.17, 15) is 0 Å². The number of H-pyrrole nitrogens is 1. The second kappa shape index (κ2) is 7.57. The molecule has 4 heterocycles. The number of hydrogen-bond acceptors (Lipinski definition) is 7. The van der Waals surface area contributed by atoms with Crippen molar-refractivity contribution in [3.8, 4) is 11.3 Å². The number of nitrogen functional groups attached to an aromatic ring is 1. The van der Waals surface area contributed by atoms with E-state index in [4.69, 9.17) is 17.3 Å². The highest BCUT2D eigenvalue weighted by atomic mass is 35.5. The summed E-state index contributed by atoms with van der Waals surface area (Å²) < 4.78 is 0. The maximum atomic E-state index is 6.37. The number of benzene rings is 1. The molecule has 1 aliphatic rings. The largest absolute Gasteiger partial charge is 0.368 e. The Labute approximate surface area is 184 Å². The molecule has 0 spiro atoms. The standard InChI is InChI=1S/C22H21ClN8/c1-30-12-14(10-27-30)13-7-15-16(11-26-21(15)25-9-13)18-8-20(29-22(24)28-18)31(2)19-6-4-3-5-17(19)23/h3-9,11-12,27H,10H2,1-2H3,(H,25,26)(H2,24,28,29). The van der Waals surface area contributed by atoms with Gasteiger partial charge in [0.15, 0.2) is 0 Å². The third kappa shape index (κ3) is 3.56. The Hall–Kier alpha value is -3.62. The van der Waals surface area contributed by atoms with Gasteiger partial charge in [0, 0.05) is 56.2 Å². The van der Waals surface area contributed by atoms with Crippen LogP contribution in [0.25, 0.3) is 27.9 Å². The molecule has 0 saturated heterocycles. The number of nitrogens with two attached hydrogens (primary N) is 1. The molecule has 0 unspecified atom stereocenters. The van der Waals surface area contributed by atoms with Crippen LogP contribution in [0.1, 0.15) is 5.56 Å². The molecular weight excluding hydrogens is 412 g/mol. The molecule has 156 valence electrons. The number of nitrogens with one attached hydrogen (secondary N) is 2. The maximum absolute atomic E-state index is 6.37. The van der Waals surface area contributed by atoms with Gasteiger partial charge in [-0.1, -0.05) is 23.7 Å². The third-order valence-corrected chi connectivity index (χ3v) is 5.65. The van der Waals surface area contributed by atoms with E-state index in [1.165, 1.54) is 5.57 Å². The number of aromatic nitrogens is 4. The molecule has 3 aromatic heterocycles. The van der Waals surface area contributed by atoms with Crippen molar-refractivity contribution >= 4 is 45.7 Å². The fraction of sp³-hybridized carbons (Fsp3) is 0.136. The van der Waals surface area contributed by atoms with Gasteiger partial charge in [-0.2, -0.15) is 4.98 Å². The fourth-order valence-corrected chi connectivity index (χ4v) is 3.97. The van der Waals surface area contributed by atoms with E-state index >= 15 is 0 Å². The molecule has 1 aliphatic heterocycles. The van der Waals surface area contributed by atoms with E-state index in [0.717, 1.165) is 34.4 Å². The van der Waals surface area contributed by atoms with Crippen LogP contribution in [0.4, 0.5) is 17.5 Å². The molecule has 0 bridgehead atoms. The van der Waals surface area contributed by atoms with Gasteiger partial charge in [-0.25, -0.2) is 15.4 Å². The van der Waals surface area contributed by atoms with Crippen LogP contribution in [0.3, 0.4) is 0 Å². The highest BCUT2D eigenvalue weighted by Crippen LogP contribution is 2.34. The zero-order chi connectivity index (χ0) is 21.5. The predicted molar refractivity (Wildman–Crippen MR) is 125 cm³/mol. The summed E-state index contributed by atoms with van der Waals surface area (Å²) in [5.74, 6) is 0.840. The van der Waals surface area contributed by atoms with E-state index in [-0.39, 0.29) is 5.95 Å². The van der Waals surface area contributed by atoms with E-state index < -0.39 is 0 Å². The summed E-state index contributed by atoms with van der Waals surface area (Å²) in [6.45, 7) is 0.761. The first-order chi connectivity index (χ1) is 15.0. The van der Waals surface area contributed by atoms with Crippen molar-refractivity contribution in [3.63, 3.8) is 0 Å². The molecule has 5 rings (SSSR count). The number of halogens is 1. The maximum Gasteiger partial charge on any atom is 0.222 e. The Kier molecular flexibility index (Phi) is 4.72. The van der Waals surface area contributed by atoms with Crippen molar-refractivity contribution in [3.05, 3.63) is 65.6 Å². The minimum Gasteiger partial charge on any atom is -0.368 e. The van der Waals surface area contributed by atoms with Gasteiger partial charge < -0.3 is 20.6 Å². The number of anilines is 3. The zero-order valence-electron chi connectivity index (χ0n) is 17.1. The Bertz CT molecular complexity index is 1310. The molecule has 8 nitrogen and oxygen atoms in total. The molecule has 0 radical (unpaired) electrons. The van der Waals surface area contributed by atoms with Gasteiger partial charge in [-0.15, -0.1) is 0 Å². The second-order valence-electron chi connectivity index (χ2n) is 7.40. The normalized spacial score (nSPS) is 13.6. The molecule has 0 aliphatic carbocycles. The Morgan fingerprint density at radius 2 is 2.03 bits per heavy atom. The SMILES string of the molecule is CN1C=C(c2cnc3[nH]cc(-c4cc(N(C)c5ccccc5Cl)nc(N)n4)c3c2)CN1. The van der Waals surface area contributed by atoms with Crippen molar-refractivity contribution < 1.29 is 0 Å². The summed E-state index contributed by atoms with van der Waals surface area (Å²) in [4.78, 5) is 18.6. The van der Waals surface area contributed by atoms with E-state index in [2.05, 4.69) is 37.6 Å². The topological polar surface area (TPSA) is 99.0 Å². The Balaban J connectivity index is 1.59. The molecule has 0 saturated carbocycles. The molecular formula is C22H21ClN8. The van der Waals surface area contributed by atoms with Gasteiger partial charge in [-0.3, -0.25) is 0 Å². The number of para-hydroxylation sites is 1. The van der Waals surface area contributed by atoms with Crippen molar-refractivity contribution in [1.82, 2.24) is 30.4 Å². The highest BCUT2D eigenvalue weighted by Gasteiger charge is 2.17. The Morgan fingerprint density at radius 3 is 2.81 bits per heavy atom. The van der Waals surface area contributed by atoms with Crippen LogP contribution in [0, 0.1) is 0 Å². The summed E-state index contributed by atoms with van der Waals surface area (Å²) in [5.41, 5.74) is 14.8. The quantitative estimate of drug-likeness (QED) is 0.451. The number of nitrogens with zero attached hydrogens (tertiary/aromatic N) is 5. The number of hydrazine groups is 1. The van der Waals surface area contributed by atoms with Crippen molar-refractivity contribution in [1.29, 1.82) is 0 Å². The molecule has 9 heteroatoms. The van der Waals surface area contributed by atoms with E-state index in [1.54, 1.807) is 0 Å². The van der Waals surface area contributed by atoms with Gasteiger partial charge >= 0.3 is 0 Å². The molecule has 1 aromatic carbocycles. The highest BCUT2D eigenvalue weighted by molar-refractivity contribution is 6.33. The van der Waals surface area contributed by atoms with Gasteiger partial charge in [0.2, 0.25) is 5.95 Å². The average molecular weight is 433 g/mol. The van der Waals surface area contributed by atoms with Crippen LogP contribution in [0.15, 0.2) is 55.0 Å². The number of fused-ring (bicyclic) bond motifs is 1. The minimum atomic E-state index is 0.189. The lowest BCUT2D eigenvalue weighted by molar-refractivity contribution is 0.374. The molecule has 4 N–H and O–H groups in total. The second-order valence-corrected chi connectivity index (χ2v) is 7.81. The number of hydrogen-bond donors (Lipinski definition) is 3. The lowest BCUT2D eigenvalue weighted by Crippen LogP contribution is -2.23. The monoisotopic (exact) mass is 432 g/mol. The van der Waals surface area contributed by atoms with Crippen LogP contribution in [-0.4, -0.2) is 45.6 Å². The zero-order valence-corrected chi connectivity index (χ0v) is 17.9. The average Bonchev–Trinajstić information content (AvgIpc) is 3.39. The van der Waals surface area contributed by atoms with Crippen LogP contribution in [0.2, 0.25) is 5.02 Å². The summed E-state index contributed by atoms with van der Waals surface area (Å²) >= 11 is 6.37. The first-order valence-corrected chi connectivity index (χ1v) is 10.1. The molecule has 0 fully saturated rings. The van der Waals surface area contributed by atoms with Crippen LogP contribution in [0.5, 0.6) is 0 Å². The van der Waals surface area contributed by atoms with E-state index in [0.29, 0.717) is 16.5 Å². The summed E-state index contributed by atoms with van der Waals surface area (Å²) in [6.07, 6.45) is 5.84. The summed E-state index contributed by atoms with van der Waals surface area (Å²) in [7, 11) is 3.87. The third-order valence-electron chi connectivity index (χ3n) is 5.33. The summed E-state index contributed by atoms with van der Waals surface area (Å²) in [5, 5.41) is 3.55. The van der Waals surface area contributed by atoms with Crippen molar-refractivity contribution in [2.75, 3.05) is 31.3 Å². The van der Waals surface area contributed by atoms with E-state index in [1.807, 2.05) is 66.7 Å². The number of aromatic amines is 1. The Morgan fingerprint density at radius 1 is 1.19 bits per heavy atom. The minimum absolute atomic E-state index is 0.189. The van der Waals surface area contributed by atoms with Gasteiger partial charge in [0.1, 0.15) is 11.5 Å². The molecule has 0 atom stereocenters. The van der Waals surface area contributed by atoms with Gasteiger partial charge in [0.05, 0.1) is 16.4 Å². The lowest BCUT2D eigenvalue weighted by Gasteiger charge is -2.20. The molecule has 0 amide bonds. The summed E-state index contributed by atoms with van der Waals surface area (Å²) in [6, 6.07) is 11.6. The first-order valence-electron chi connectivity index (χ1n) is 9.77. The smallest absolute Gasteiger partial charge is 0.222 e. The number of rotatable bonds is 4. The van der Waals surface area contributed by atoms with Crippen LogP contribution in [-0.2, 0) is 0 Å². The van der Waals surface area contributed by atoms with Gasteiger partial charge in [-0.05, 0) is 29.3 Å².